The molecule has 0 spiro atoms. The lowest BCUT2D eigenvalue weighted by Crippen LogP contribution is -2.30. The SMILES string of the molecule is CC(=O)c1cccc(S(=O)(=O)NCCC(=O)NCc2nc3ccccc3s2)c1. The molecule has 9 heteroatoms. The maximum absolute atomic E-state index is 12.3. The lowest BCUT2D eigenvalue weighted by Gasteiger charge is -2.08. The van der Waals surface area contributed by atoms with Crippen molar-refractivity contribution < 1.29 is 18.0 Å². The van der Waals surface area contributed by atoms with Gasteiger partial charge in [-0.2, -0.15) is 0 Å². The summed E-state index contributed by atoms with van der Waals surface area (Å²) in [6.07, 6.45) is -0.00345. The average molecular weight is 418 g/mol. The van der Waals surface area contributed by atoms with E-state index in [1.54, 1.807) is 6.07 Å². The number of nitrogens with one attached hydrogen (secondary N) is 2. The second-order valence-electron chi connectivity index (χ2n) is 6.08. The molecule has 3 rings (SSSR count). The highest BCUT2D eigenvalue weighted by Crippen LogP contribution is 2.21. The highest BCUT2D eigenvalue weighted by molar-refractivity contribution is 7.89. The van der Waals surface area contributed by atoms with Crippen LogP contribution in [0.4, 0.5) is 0 Å². The van der Waals surface area contributed by atoms with Gasteiger partial charge in [0, 0.05) is 18.5 Å². The minimum atomic E-state index is -3.79. The van der Waals surface area contributed by atoms with Crippen LogP contribution in [0.5, 0.6) is 0 Å². The third kappa shape index (κ3) is 5.00. The molecule has 0 aliphatic rings. The van der Waals surface area contributed by atoms with Crippen molar-refractivity contribution in [3.63, 3.8) is 0 Å². The molecular weight excluding hydrogens is 398 g/mol. The molecule has 28 heavy (non-hydrogen) atoms. The molecule has 0 unspecified atom stereocenters. The van der Waals surface area contributed by atoms with Gasteiger partial charge >= 0.3 is 0 Å². The molecule has 0 radical (unpaired) electrons. The van der Waals surface area contributed by atoms with Crippen molar-refractivity contribution >= 4 is 43.3 Å². The molecule has 2 aromatic carbocycles. The van der Waals surface area contributed by atoms with Gasteiger partial charge < -0.3 is 5.32 Å². The van der Waals surface area contributed by atoms with Crippen molar-refractivity contribution in [3.8, 4) is 0 Å². The molecule has 0 fully saturated rings. The fraction of sp³-hybridized carbons (Fsp3) is 0.211. The third-order valence-electron chi connectivity index (χ3n) is 3.97. The van der Waals surface area contributed by atoms with E-state index in [1.807, 2.05) is 24.3 Å². The summed E-state index contributed by atoms with van der Waals surface area (Å²) < 4.78 is 28.0. The highest BCUT2D eigenvalue weighted by Gasteiger charge is 2.15. The molecule has 7 nitrogen and oxygen atoms in total. The van der Waals surface area contributed by atoms with Gasteiger partial charge in [0.2, 0.25) is 15.9 Å². The van der Waals surface area contributed by atoms with Crippen LogP contribution in [0.2, 0.25) is 0 Å². The lowest BCUT2D eigenvalue weighted by atomic mass is 10.2. The number of carbonyl (C=O) groups excluding carboxylic acids is 2. The van der Waals surface area contributed by atoms with E-state index >= 15 is 0 Å². The molecule has 3 aromatic rings. The first kappa shape index (κ1) is 20.1. The zero-order valence-electron chi connectivity index (χ0n) is 15.1. The van der Waals surface area contributed by atoms with Crippen LogP contribution in [-0.2, 0) is 21.4 Å². The Morgan fingerprint density at radius 2 is 1.89 bits per heavy atom. The fourth-order valence-electron chi connectivity index (χ4n) is 2.52. The summed E-state index contributed by atoms with van der Waals surface area (Å²) in [4.78, 5) is 27.8. The number of Topliss-reactive ketones (excluding diaryl/α,β-unsaturated/α-hetero) is 1. The van der Waals surface area contributed by atoms with Crippen LogP contribution >= 0.6 is 11.3 Å². The molecule has 0 atom stereocenters. The number of nitrogens with zero attached hydrogens (tertiary/aromatic N) is 1. The maximum atomic E-state index is 12.3. The summed E-state index contributed by atoms with van der Waals surface area (Å²) in [5.41, 5.74) is 1.20. The van der Waals surface area contributed by atoms with Crippen LogP contribution in [0.25, 0.3) is 10.2 Å². The minimum Gasteiger partial charge on any atom is -0.350 e. The number of hydrogen-bond acceptors (Lipinski definition) is 6. The van der Waals surface area contributed by atoms with Crippen LogP contribution < -0.4 is 10.0 Å². The molecule has 1 amide bonds. The third-order valence-corrected chi connectivity index (χ3v) is 6.47. The van der Waals surface area contributed by atoms with Crippen molar-refractivity contribution in [3.05, 3.63) is 59.1 Å². The first-order chi connectivity index (χ1) is 13.3. The van der Waals surface area contributed by atoms with Crippen molar-refractivity contribution in [1.29, 1.82) is 0 Å². The summed E-state index contributed by atoms with van der Waals surface area (Å²) in [5, 5.41) is 3.53. The smallest absolute Gasteiger partial charge is 0.240 e. The van der Waals surface area contributed by atoms with Gasteiger partial charge in [0.1, 0.15) is 5.01 Å². The van der Waals surface area contributed by atoms with Crippen molar-refractivity contribution in [2.75, 3.05) is 6.54 Å². The van der Waals surface area contributed by atoms with E-state index in [9.17, 15) is 18.0 Å². The summed E-state index contributed by atoms with van der Waals surface area (Å²) in [5.74, 6) is -0.495. The van der Waals surface area contributed by atoms with E-state index in [1.165, 1.54) is 36.5 Å². The second kappa shape index (κ2) is 8.59. The Balaban J connectivity index is 1.50. The Bertz CT molecular complexity index is 1090. The minimum absolute atomic E-state index is 0.00345. The van der Waals surface area contributed by atoms with Crippen LogP contribution in [-0.4, -0.2) is 31.6 Å². The molecule has 0 saturated heterocycles. The Hall–Kier alpha value is -2.62. The summed E-state index contributed by atoms with van der Waals surface area (Å²) in [6.45, 7) is 1.62. The molecule has 0 aliphatic heterocycles. The summed E-state index contributed by atoms with van der Waals surface area (Å²) >= 11 is 1.50. The van der Waals surface area contributed by atoms with Crippen LogP contribution in [0.1, 0.15) is 28.7 Å². The van der Waals surface area contributed by atoms with Gasteiger partial charge in [-0.25, -0.2) is 18.1 Å². The fourth-order valence-corrected chi connectivity index (χ4v) is 4.51. The van der Waals surface area contributed by atoms with Crippen LogP contribution in [0.3, 0.4) is 0 Å². The Kier molecular flexibility index (Phi) is 6.18. The number of benzene rings is 2. The van der Waals surface area contributed by atoms with Gasteiger partial charge in [-0.05, 0) is 31.2 Å². The van der Waals surface area contributed by atoms with Gasteiger partial charge in [-0.1, -0.05) is 24.3 Å². The number of aromatic nitrogens is 1. The van der Waals surface area contributed by atoms with Gasteiger partial charge in [0.25, 0.3) is 0 Å². The van der Waals surface area contributed by atoms with E-state index in [2.05, 4.69) is 15.0 Å². The number of hydrogen-bond donors (Lipinski definition) is 2. The first-order valence-electron chi connectivity index (χ1n) is 8.57. The van der Waals surface area contributed by atoms with Crippen molar-refractivity contribution in [2.45, 2.75) is 24.8 Å². The number of sulfonamides is 1. The number of fused-ring (bicyclic) bond motifs is 1. The number of rotatable bonds is 8. The number of ketones is 1. The van der Waals surface area contributed by atoms with Crippen molar-refractivity contribution in [1.82, 2.24) is 15.0 Å². The molecule has 0 saturated carbocycles. The zero-order chi connectivity index (χ0) is 20.1. The van der Waals surface area contributed by atoms with Gasteiger partial charge in [0.15, 0.2) is 5.78 Å². The predicted molar refractivity (Wildman–Crippen MR) is 108 cm³/mol. The number of para-hydroxylation sites is 1. The van der Waals surface area contributed by atoms with E-state index in [0.29, 0.717) is 12.1 Å². The zero-order valence-corrected chi connectivity index (χ0v) is 16.8. The summed E-state index contributed by atoms with van der Waals surface area (Å²) in [6, 6.07) is 13.5. The Morgan fingerprint density at radius 3 is 2.64 bits per heavy atom. The molecule has 2 N–H and O–H groups in total. The second-order valence-corrected chi connectivity index (χ2v) is 8.97. The van der Waals surface area contributed by atoms with Gasteiger partial charge in [0.05, 0.1) is 21.7 Å². The summed E-state index contributed by atoms with van der Waals surface area (Å²) in [7, 11) is -3.79. The molecular formula is C19H19N3O4S2. The molecule has 0 aliphatic carbocycles. The van der Waals surface area contributed by atoms with E-state index < -0.39 is 10.0 Å². The monoisotopic (exact) mass is 417 g/mol. The topological polar surface area (TPSA) is 105 Å². The largest absolute Gasteiger partial charge is 0.350 e. The normalized spacial score (nSPS) is 11.5. The van der Waals surface area contributed by atoms with E-state index in [0.717, 1.165) is 15.2 Å². The number of thiazole rings is 1. The number of amides is 1. The maximum Gasteiger partial charge on any atom is 0.240 e. The molecule has 1 heterocycles. The Morgan fingerprint density at radius 1 is 1.11 bits per heavy atom. The quantitative estimate of drug-likeness (QED) is 0.548. The first-order valence-corrected chi connectivity index (χ1v) is 10.9. The van der Waals surface area contributed by atoms with Gasteiger partial charge in [-0.15, -0.1) is 11.3 Å². The van der Waals surface area contributed by atoms with E-state index in [4.69, 9.17) is 0 Å². The average Bonchev–Trinajstić information content (AvgIpc) is 3.09. The predicted octanol–water partition coefficient (Wildman–Crippen LogP) is 2.48. The Labute approximate surface area is 166 Å². The lowest BCUT2D eigenvalue weighted by molar-refractivity contribution is -0.121. The van der Waals surface area contributed by atoms with Crippen molar-refractivity contribution in [2.24, 2.45) is 0 Å². The highest BCUT2D eigenvalue weighted by atomic mass is 32.2. The van der Waals surface area contributed by atoms with Crippen LogP contribution in [0.15, 0.2) is 53.4 Å². The molecule has 146 valence electrons. The van der Waals surface area contributed by atoms with Crippen LogP contribution in [0, 0.1) is 0 Å². The standard InChI is InChI=1S/C19H19N3O4S2/c1-13(23)14-5-4-6-15(11-14)28(25,26)21-10-9-18(24)20-12-19-22-16-7-2-3-8-17(16)27-19/h2-8,11,21H,9-10,12H2,1H3,(H,20,24). The molecule has 0 bridgehead atoms. The molecule has 1 aromatic heterocycles. The van der Waals surface area contributed by atoms with Gasteiger partial charge in [-0.3, -0.25) is 9.59 Å². The number of carbonyl (C=O) groups is 2. The van der Waals surface area contributed by atoms with E-state index in [-0.39, 0.29) is 29.6 Å².